The Hall–Kier alpha value is -2.72. The lowest BCUT2D eigenvalue weighted by Gasteiger charge is -2.03. The van der Waals surface area contributed by atoms with E-state index in [1.54, 1.807) is 11.3 Å². The lowest BCUT2D eigenvalue weighted by atomic mass is 10.2. The van der Waals surface area contributed by atoms with Crippen LogP contribution >= 0.6 is 11.3 Å². The predicted octanol–water partition coefficient (Wildman–Crippen LogP) is 5.58. The molecule has 0 N–H and O–H groups in total. The molecule has 2 aromatic heterocycles. The van der Waals surface area contributed by atoms with Gasteiger partial charge in [0.2, 0.25) is 0 Å². The number of nitrogens with zero attached hydrogens (tertiary/aromatic N) is 3. The number of hydrogen-bond donors (Lipinski definition) is 0. The number of aryl methyl sites for hydroxylation is 2. The smallest absolute Gasteiger partial charge is 0.117 e. The summed E-state index contributed by atoms with van der Waals surface area (Å²) in [5.41, 5.74) is 6.70. The van der Waals surface area contributed by atoms with Gasteiger partial charge < -0.3 is 0 Å². The van der Waals surface area contributed by atoms with Crippen LogP contribution in [0.4, 0.5) is 0 Å². The van der Waals surface area contributed by atoms with Crippen molar-refractivity contribution in [2.24, 2.45) is 0 Å². The van der Waals surface area contributed by atoms with Gasteiger partial charge in [0, 0.05) is 11.3 Å². The van der Waals surface area contributed by atoms with Gasteiger partial charge in [-0.15, -0.1) is 11.3 Å². The van der Waals surface area contributed by atoms with Crippen LogP contribution in [0.2, 0.25) is 0 Å². The molecule has 0 aliphatic carbocycles. The maximum atomic E-state index is 4.72. The zero-order valence-corrected chi connectivity index (χ0v) is 15.3. The first-order chi connectivity index (χ1) is 12.1. The summed E-state index contributed by atoms with van der Waals surface area (Å²) in [5, 5.41) is 5.72. The van der Waals surface area contributed by atoms with Crippen molar-refractivity contribution >= 4 is 33.7 Å². The number of benzene rings is 2. The van der Waals surface area contributed by atoms with Gasteiger partial charge in [-0.1, -0.05) is 24.3 Å². The zero-order valence-electron chi connectivity index (χ0n) is 14.5. The molecule has 0 unspecified atom stereocenters. The lowest BCUT2D eigenvalue weighted by molar-refractivity contribution is 0.833. The molecule has 2 aromatic carbocycles. The van der Waals surface area contributed by atoms with Gasteiger partial charge in [0.05, 0.1) is 21.6 Å². The minimum Gasteiger partial charge on any atom is -0.237 e. The highest BCUT2D eigenvalue weighted by atomic mass is 32.1. The van der Waals surface area contributed by atoms with E-state index in [4.69, 9.17) is 10.1 Å². The number of aromatic nitrogens is 3. The van der Waals surface area contributed by atoms with Gasteiger partial charge >= 0.3 is 0 Å². The number of thiazole rings is 1. The Morgan fingerprint density at radius 2 is 1.76 bits per heavy atom. The molecular formula is C21H19N3S. The number of rotatable bonds is 3. The molecule has 0 saturated heterocycles. The normalized spacial score (nSPS) is 11.6. The average molecular weight is 345 g/mol. The molecule has 0 radical (unpaired) electrons. The molecule has 0 spiro atoms. The lowest BCUT2D eigenvalue weighted by Crippen LogP contribution is -1.98. The van der Waals surface area contributed by atoms with Gasteiger partial charge in [-0.3, -0.25) is 0 Å². The predicted molar refractivity (Wildman–Crippen MR) is 106 cm³/mol. The zero-order chi connectivity index (χ0) is 17.4. The van der Waals surface area contributed by atoms with E-state index in [1.165, 1.54) is 10.3 Å². The molecule has 25 heavy (non-hydrogen) atoms. The molecular weight excluding hydrogens is 326 g/mol. The molecule has 0 bridgehead atoms. The van der Waals surface area contributed by atoms with E-state index in [0.29, 0.717) is 0 Å². The summed E-state index contributed by atoms with van der Waals surface area (Å²) >= 11 is 1.71. The van der Waals surface area contributed by atoms with Crippen LogP contribution in [0.5, 0.6) is 0 Å². The van der Waals surface area contributed by atoms with Crippen LogP contribution < -0.4 is 0 Å². The maximum Gasteiger partial charge on any atom is 0.117 e. The second-order valence-corrected chi connectivity index (χ2v) is 7.25. The summed E-state index contributed by atoms with van der Waals surface area (Å²) in [6.45, 7) is 6.25. The number of hydrogen-bond acceptors (Lipinski definition) is 3. The first-order valence-corrected chi connectivity index (χ1v) is 9.10. The van der Waals surface area contributed by atoms with Gasteiger partial charge in [-0.2, -0.15) is 5.10 Å². The van der Waals surface area contributed by atoms with Crippen LogP contribution in [0.1, 0.15) is 27.5 Å². The van der Waals surface area contributed by atoms with Crippen molar-refractivity contribution < 1.29 is 0 Å². The molecule has 4 aromatic rings. The molecule has 2 heterocycles. The van der Waals surface area contributed by atoms with E-state index in [9.17, 15) is 0 Å². The summed E-state index contributed by atoms with van der Waals surface area (Å²) in [6, 6.07) is 16.6. The Balaban J connectivity index is 1.70. The van der Waals surface area contributed by atoms with E-state index in [-0.39, 0.29) is 0 Å². The standard InChI is InChI=1S/C21H19N3S/c1-14-9-11-20-19(13-14)22-21(25-20)12-10-18-15(2)23-24(16(18)3)17-7-5-4-6-8-17/h4-13H,1-3H3/b12-10+. The highest BCUT2D eigenvalue weighted by Gasteiger charge is 2.10. The molecule has 0 aliphatic heterocycles. The maximum absolute atomic E-state index is 4.72. The fraction of sp³-hybridized carbons (Fsp3) is 0.143. The quantitative estimate of drug-likeness (QED) is 0.485. The molecule has 0 aliphatic rings. The van der Waals surface area contributed by atoms with Crippen LogP contribution in [0.3, 0.4) is 0 Å². The fourth-order valence-corrected chi connectivity index (χ4v) is 3.85. The van der Waals surface area contributed by atoms with Crippen molar-refractivity contribution in [1.82, 2.24) is 14.8 Å². The van der Waals surface area contributed by atoms with Crippen LogP contribution in [0.15, 0.2) is 48.5 Å². The van der Waals surface area contributed by atoms with E-state index in [1.807, 2.05) is 29.8 Å². The summed E-state index contributed by atoms with van der Waals surface area (Å²) < 4.78 is 3.22. The molecule has 124 valence electrons. The summed E-state index contributed by atoms with van der Waals surface area (Å²) in [5.74, 6) is 0. The number of fused-ring (bicyclic) bond motifs is 1. The third-order valence-electron chi connectivity index (χ3n) is 4.30. The highest BCUT2D eigenvalue weighted by molar-refractivity contribution is 7.19. The van der Waals surface area contributed by atoms with Crippen LogP contribution in [-0.2, 0) is 0 Å². The summed E-state index contributed by atoms with van der Waals surface area (Å²) in [7, 11) is 0. The van der Waals surface area contributed by atoms with Crippen molar-refractivity contribution in [1.29, 1.82) is 0 Å². The van der Waals surface area contributed by atoms with Gasteiger partial charge in [-0.05, 0) is 62.8 Å². The highest BCUT2D eigenvalue weighted by Crippen LogP contribution is 2.26. The fourth-order valence-electron chi connectivity index (χ4n) is 3.00. The van der Waals surface area contributed by atoms with Crippen LogP contribution in [0.25, 0.3) is 28.1 Å². The molecule has 4 heteroatoms. The molecule has 0 atom stereocenters. The summed E-state index contributed by atoms with van der Waals surface area (Å²) in [4.78, 5) is 4.72. The Morgan fingerprint density at radius 1 is 0.960 bits per heavy atom. The Kier molecular flexibility index (Phi) is 3.98. The van der Waals surface area contributed by atoms with E-state index < -0.39 is 0 Å². The van der Waals surface area contributed by atoms with Gasteiger partial charge in [0.15, 0.2) is 0 Å². The average Bonchev–Trinajstić information content (AvgIpc) is 3.14. The summed E-state index contributed by atoms with van der Waals surface area (Å²) in [6.07, 6.45) is 4.22. The molecule has 4 rings (SSSR count). The molecule has 3 nitrogen and oxygen atoms in total. The number of para-hydroxylation sites is 1. The molecule has 0 amide bonds. The molecule has 0 fully saturated rings. The largest absolute Gasteiger partial charge is 0.237 e. The van der Waals surface area contributed by atoms with Gasteiger partial charge in [0.25, 0.3) is 0 Å². The minimum atomic E-state index is 1.02. The van der Waals surface area contributed by atoms with Crippen molar-refractivity contribution in [3.63, 3.8) is 0 Å². The third-order valence-corrected chi connectivity index (χ3v) is 5.30. The van der Waals surface area contributed by atoms with E-state index >= 15 is 0 Å². The Morgan fingerprint density at radius 3 is 2.56 bits per heavy atom. The van der Waals surface area contributed by atoms with Crippen molar-refractivity contribution in [2.45, 2.75) is 20.8 Å². The SMILES string of the molecule is Cc1ccc2sc(/C=C/c3c(C)nn(-c4ccccc4)c3C)nc2c1. The first-order valence-electron chi connectivity index (χ1n) is 8.29. The van der Waals surface area contributed by atoms with Crippen molar-refractivity contribution in [2.75, 3.05) is 0 Å². The Labute approximate surface area is 151 Å². The van der Waals surface area contributed by atoms with Crippen LogP contribution in [0, 0.1) is 20.8 Å². The van der Waals surface area contributed by atoms with Gasteiger partial charge in [0.1, 0.15) is 5.01 Å². The van der Waals surface area contributed by atoms with E-state index in [0.717, 1.165) is 33.2 Å². The van der Waals surface area contributed by atoms with Crippen LogP contribution in [-0.4, -0.2) is 14.8 Å². The minimum absolute atomic E-state index is 1.02. The first kappa shape index (κ1) is 15.8. The Bertz CT molecular complexity index is 1070. The van der Waals surface area contributed by atoms with Crippen molar-refractivity contribution in [3.05, 3.63) is 76.1 Å². The third kappa shape index (κ3) is 3.01. The topological polar surface area (TPSA) is 30.7 Å². The molecule has 0 saturated carbocycles. The monoisotopic (exact) mass is 345 g/mol. The second kappa shape index (κ2) is 6.30. The van der Waals surface area contributed by atoms with Crippen molar-refractivity contribution in [3.8, 4) is 5.69 Å². The second-order valence-electron chi connectivity index (χ2n) is 6.19. The van der Waals surface area contributed by atoms with Gasteiger partial charge in [-0.25, -0.2) is 9.67 Å². The van der Waals surface area contributed by atoms with E-state index in [2.05, 4.69) is 56.3 Å².